The highest BCUT2D eigenvalue weighted by Crippen LogP contribution is 2.23. The van der Waals surface area contributed by atoms with Crippen LogP contribution in [-0.2, 0) is 15.3 Å². The molecule has 1 aromatic rings. The first-order valence-electron chi connectivity index (χ1n) is 6.73. The molecule has 1 aliphatic heterocycles. The van der Waals surface area contributed by atoms with Gasteiger partial charge in [0.25, 0.3) is 0 Å². The molecule has 2 heterocycles. The topological polar surface area (TPSA) is 101 Å². The summed E-state index contributed by atoms with van der Waals surface area (Å²) < 4.78 is 27.5. The van der Waals surface area contributed by atoms with Crippen molar-refractivity contribution >= 4 is 32.5 Å². The van der Waals surface area contributed by atoms with Crippen LogP contribution in [0.4, 0.5) is 9.93 Å². The zero-order valence-corrected chi connectivity index (χ0v) is 14.1. The summed E-state index contributed by atoms with van der Waals surface area (Å²) >= 11 is 1.11. The van der Waals surface area contributed by atoms with Gasteiger partial charge in [0.2, 0.25) is 5.13 Å². The van der Waals surface area contributed by atoms with E-state index in [1.807, 2.05) is 20.8 Å². The number of anilines is 1. The summed E-state index contributed by atoms with van der Waals surface area (Å²) in [5, 5.41) is 5.15. The zero-order chi connectivity index (χ0) is 15.8. The standard InChI is InChI=1S/C12H20N4O3S2/c1-7-8(5-6-21(7,18)19)13-10(17)15-11-14-9(16-20-11)12(2,3)4/h7-8H,5-6H2,1-4H3,(H2,13,14,15,16,17)/t7-,8-/m1/s1. The molecule has 21 heavy (non-hydrogen) atoms. The van der Waals surface area contributed by atoms with E-state index in [2.05, 4.69) is 20.0 Å². The van der Waals surface area contributed by atoms with E-state index in [4.69, 9.17) is 0 Å². The van der Waals surface area contributed by atoms with Crippen LogP contribution >= 0.6 is 11.5 Å². The first kappa shape index (κ1) is 16.2. The van der Waals surface area contributed by atoms with Crippen molar-refractivity contribution in [1.82, 2.24) is 14.7 Å². The van der Waals surface area contributed by atoms with Gasteiger partial charge in [-0.15, -0.1) is 0 Å². The number of urea groups is 1. The number of aromatic nitrogens is 2. The largest absolute Gasteiger partial charge is 0.334 e. The van der Waals surface area contributed by atoms with Crippen LogP contribution in [0.3, 0.4) is 0 Å². The van der Waals surface area contributed by atoms with Gasteiger partial charge in [0.15, 0.2) is 9.84 Å². The molecule has 1 fully saturated rings. The quantitative estimate of drug-likeness (QED) is 0.855. The minimum absolute atomic E-state index is 0.117. The summed E-state index contributed by atoms with van der Waals surface area (Å²) in [7, 11) is -3.08. The molecule has 0 saturated carbocycles. The highest BCUT2D eigenvalue weighted by Gasteiger charge is 2.37. The highest BCUT2D eigenvalue weighted by molar-refractivity contribution is 7.92. The van der Waals surface area contributed by atoms with Gasteiger partial charge in [0.1, 0.15) is 5.82 Å². The third-order valence-electron chi connectivity index (χ3n) is 3.48. The molecule has 0 unspecified atom stereocenters. The van der Waals surface area contributed by atoms with E-state index in [1.54, 1.807) is 6.92 Å². The van der Waals surface area contributed by atoms with Gasteiger partial charge in [-0.1, -0.05) is 20.8 Å². The number of hydrogen-bond donors (Lipinski definition) is 2. The number of rotatable bonds is 2. The maximum absolute atomic E-state index is 11.9. The Morgan fingerprint density at radius 2 is 2.05 bits per heavy atom. The molecule has 2 atom stereocenters. The second kappa shape index (κ2) is 5.53. The minimum Gasteiger partial charge on any atom is -0.334 e. The second-order valence-electron chi connectivity index (χ2n) is 6.24. The molecule has 1 aromatic heterocycles. The summed E-state index contributed by atoms with van der Waals surface area (Å²) in [6, 6.07) is -0.800. The Bertz CT molecular complexity index is 633. The lowest BCUT2D eigenvalue weighted by atomic mass is 9.96. The first-order valence-corrected chi connectivity index (χ1v) is 9.22. The zero-order valence-electron chi connectivity index (χ0n) is 12.5. The van der Waals surface area contributed by atoms with Crippen LogP contribution in [-0.4, -0.2) is 40.9 Å². The highest BCUT2D eigenvalue weighted by atomic mass is 32.2. The normalized spacial score (nSPS) is 24.8. The number of nitrogens with zero attached hydrogens (tertiary/aromatic N) is 2. The molecule has 1 aliphatic rings. The third kappa shape index (κ3) is 3.70. The van der Waals surface area contributed by atoms with Crippen LogP contribution in [0, 0.1) is 0 Å². The summed E-state index contributed by atoms with van der Waals surface area (Å²) in [5.74, 6) is 0.783. The Morgan fingerprint density at radius 1 is 1.38 bits per heavy atom. The minimum atomic E-state index is -3.08. The number of carbonyl (C=O) groups is 1. The van der Waals surface area contributed by atoms with Crippen LogP contribution in [0.5, 0.6) is 0 Å². The summed E-state index contributed by atoms with van der Waals surface area (Å²) in [5.41, 5.74) is -0.180. The average molecular weight is 332 g/mol. The molecule has 1 saturated heterocycles. The van der Waals surface area contributed by atoms with E-state index >= 15 is 0 Å². The van der Waals surface area contributed by atoms with Gasteiger partial charge in [0.05, 0.1) is 11.0 Å². The maximum atomic E-state index is 11.9. The molecular formula is C12H20N4O3S2. The van der Waals surface area contributed by atoms with Crippen LogP contribution in [0.1, 0.15) is 39.9 Å². The first-order chi connectivity index (χ1) is 9.59. The maximum Gasteiger partial charge on any atom is 0.321 e. The van der Waals surface area contributed by atoms with Crippen molar-refractivity contribution in [1.29, 1.82) is 0 Å². The van der Waals surface area contributed by atoms with Gasteiger partial charge in [-0.3, -0.25) is 5.32 Å². The van der Waals surface area contributed by atoms with Gasteiger partial charge in [-0.2, -0.15) is 4.37 Å². The predicted molar refractivity (Wildman–Crippen MR) is 82.4 cm³/mol. The van der Waals surface area contributed by atoms with Crippen molar-refractivity contribution in [3.05, 3.63) is 5.82 Å². The fourth-order valence-electron chi connectivity index (χ4n) is 2.03. The Morgan fingerprint density at radius 3 is 2.52 bits per heavy atom. The number of amides is 2. The monoisotopic (exact) mass is 332 g/mol. The van der Waals surface area contributed by atoms with Crippen molar-refractivity contribution in [3.8, 4) is 0 Å². The van der Waals surface area contributed by atoms with Crippen molar-refractivity contribution in [2.24, 2.45) is 0 Å². The smallest absolute Gasteiger partial charge is 0.321 e. The van der Waals surface area contributed by atoms with Crippen molar-refractivity contribution in [2.45, 2.75) is 50.8 Å². The molecule has 2 N–H and O–H groups in total. The molecular weight excluding hydrogens is 312 g/mol. The number of carbonyl (C=O) groups excluding carboxylic acids is 1. The van der Waals surface area contributed by atoms with Gasteiger partial charge < -0.3 is 5.32 Å². The lowest BCUT2D eigenvalue weighted by Crippen LogP contribution is -2.42. The van der Waals surface area contributed by atoms with Crippen LogP contribution in [0.2, 0.25) is 0 Å². The Hall–Kier alpha value is -1.22. The number of hydrogen-bond acceptors (Lipinski definition) is 6. The molecule has 0 spiro atoms. The van der Waals surface area contributed by atoms with Gasteiger partial charge in [-0.05, 0) is 13.3 Å². The van der Waals surface area contributed by atoms with Gasteiger partial charge >= 0.3 is 6.03 Å². The van der Waals surface area contributed by atoms with Crippen molar-refractivity contribution in [2.75, 3.05) is 11.1 Å². The van der Waals surface area contributed by atoms with E-state index in [9.17, 15) is 13.2 Å². The lowest BCUT2D eigenvalue weighted by molar-refractivity contribution is 0.248. The predicted octanol–water partition coefficient (Wildman–Crippen LogP) is 1.53. The van der Waals surface area contributed by atoms with Crippen LogP contribution in [0.25, 0.3) is 0 Å². The average Bonchev–Trinajstić information content (AvgIpc) is 2.89. The fourth-order valence-corrected chi connectivity index (χ4v) is 4.44. The second-order valence-corrected chi connectivity index (χ2v) is 9.47. The van der Waals surface area contributed by atoms with E-state index < -0.39 is 21.1 Å². The van der Waals surface area contributed by atoms with Crippen LogP contribution in [0.15, 0.2) is 0 Å². The molecule has 7 nitrogen and oxygen atoms in total. The molecule has 2 amide bonds. The summed E-state index contributed by atoms with van der Waals surface area (Å²) in [6.07, 6.45) is 0.445. The van der Waals surface area contributed by atoms with Crippen molar-refractivity contribution < 1.29 is 13.2 Å². The Kier molecular flexibility index (Phi) is 4.25. The summed E-state index contributed by atoms with van der Waals surface area (Å²) in [6.45, 7) is 7.59. The Labute approximate surface area is 128 Å². The molecule has 0 radical (unpaired) electrons. The summed E-state index contributed by atoms with van der Waals surface area (Å²) in [4.78, 5) is 16.2. The SMILES string of the molecule is C[C@@H]1[C@H](NC(=O)Nc2nc(C(C)(C)C)ns2)CCS1(=O)=O. The van der Waals surface area contributed by atoms with E-state index in [-0.39, 0.29) is 17.2 Å². The fraction of sp³-hybridized carbons (Fsp3) is 0.750. The van der Waals surface area contributed by atoms with Crippen LogP contribution < -0.4 is 10.6 Å². The number of nitrogens with one attached hydrogen (secondary N) is 2. The third-order valence-corrected chi connectivity index (χ3v) is 6.38. The van der Waals surface area contributed by atoms with Crippen molar-refractivity contribution in [3.63, 3.8) is 0 Å². The Balaban J connectivity index is 1.95. The number of sulfone groups is 1. The molecule has 0 bridgehead atoms. The van der Waals surface area contributed by atoms with Gasteiger partial charge in [-0.25, -0.2) is 18.2 Å². The lowest BCUT2D eigenvalue weighted by Gasteiger charge is -2.16. The molecule has 118 valence electrons. The molecule has 9 heteroatoms. The van der Waals surface area contributed by atoms with E-state index in [0.29, 0.717) is 17.4 Å². The molecule has 0 aliphatic carbocycles. The van der Waals surface area contributed by atoms with E-state index in [1.165, 1.54) is 0 Å². The molecule has 0 aromatic carbocycles. The molecule has 2 rings (SSSR count). The van der Waals surface area contributed by atoms with E-state index in [0.717, 1.165) is 11.5 Å². The van der Waals surface area contributed by atoms with Gasteiger partial charge in [0, 0.05) is 23.0 Å².